The molecular weight excluding hydrogens is 389 g/mol. The first-order valence-corrected chi connectivity index (χ1v) is 10.1. The van der Waals surface area contributed by atoms with Gasteiger partial charge in [0.1, 0.15) is 5.82 Å². The van der Waals surface area contributed by atoms with E-state index in [9.17, 15) is 14.0 Å². The molecule has 156 valence electrons. The van der Waals surface area contributed by atoms with Gasteiger partial charge >= 0.3 is 0 Å². The average Bonchev–Trinajstić information content (AvgIpc) is 3.33. The maximum Gasteiger partial charge on any atom is 0.251 e. The molecule has 0 spiro atoms. The van der Waals surface area contributed by atoms with Crippen LogP contribution in [0.25, 0.3) is 0 Å². The summed E-state index contributed by atoms with van der Waals surface area (Å²) >= 11 is 0. The highest BCUT2D eigenvalue weighted by molar-refractivity contribution is 6.22. The molecule has 3 heterocycles. The van der Waals surface area contributed by atoms with E-state index in [0.717, 1.165) is 34.9 Å². The van der Waals surface area contributed by atoms with Crippen molar-refractivity contribution in [3.63, 3.8) is 0 Å². The Balaban J connectivity index is 1.21. The minimum absolute atomic E-state index is 0.0364. The van der Waals surface area contributed by atoms with Gasteiger partial charge in [0.25, 0.3) is 5.91 Å². The first kappa shape index (κ1) is 18.9. The van der Waals surface area contributed by atoms with Gasteiger partial charge in [0.15, 0.2) is 11.5 Å². The number of rotatable bonds is 4. The molecule has 1 atom stereocenters. The van der Waals surface area contributed by atoms with Crippen molar-refractivity contribution in [2.45, 2.75) is 31.3 Å². The van der Waals surface area contributed by atoms with Gasteiger partial charge in [-0.1, -0.05) is 12.1 Å². The van der Waals surface area contributed by atoms with Crippen LogP contribution in [0.5, 0.6) is 11.5 Å². The summed E-state index contributed by atoms with van der Waals surface area (Å²) < 4.78 is 24.9. The number of imide groups is 1. The van der Waals surface area contributed by atoms with E-state index < -0.39 is 11.9 Å². The number of carbonyl (C=O) groups is 2. The van der Waals surface area contributed by atoms with E-state index in [-0.39, 0.29) is 36.8 Å². The number of hydrogen-bond donors (Lipinski definition) is 1. The molecule has 0 aromatic heterocycles. The zero-order valence-corrected chi connectivity index (χ0v) is 16.3. The molecule has 3 aliphatic rings. The Hall–Kier alpha value is -3.13. The lowest BCUT2D eigenvalue weighted by atomic mass is 10.0. The molecule has 0 unspecified atom stereocenters. The Morgan fingerprint density at radius 1 is 1.00 bits per heavy atom. The first-order chi connectivity index (χ1) is 14.6. The van der Waals surface area contributed by atoms with Crippen molar-refractivity contribution in [2.24, 2.45) is 0 Å². The standard InChI is InChI=1S/C22H22FN3O4/c23-16-3-1-2-4-17(16)26-21(27)12-18(22(26)28)25-9-7-14(8-10-25)24-15-5-6-19-20(11-15)30-13-29-19/h1-6,11,14,18,24H,7-10,12-13H2/t18-/m1/s1. The highest BCUT2D eigenvalue weighted by Crippen LogP contribution is 2.35. The fourth-order valence-electron chi connectivity index (χ4n) is 4.36. The van der Waals surface area contributed by atoms with E-state index in [2.05, 4.69) is 5.32 Å². The van der Waals surface area contributed by atoms with Gasteiger partial charge in [-0.15, -0.1) is 0 Å². The monoisotopic (exact) mass is 411 g/mol. The number of likely N-dealkylation sites (tertiary alicyclic amines) is 1. The van der Waals surface area contributed by atoms with Gasteiger partial charge in [0.05, 0.1) is 18.2 Å². The van der Waals surface area contributed by atoms with E-state index in [1.807, 2.05) is 23.1 Å². The average molecular weight is 411 g/mol. The molecule has 2 saturated heterocycles. The topological polar surface area (TPSA) is 71.1 Å². The minimum Gasteiger partial charge on any atom is -0.454 e. The van der Waals surface area contributed by atoms with Crippen LogP contribution in [0.4, 0.5) is 15.8 Å². The molecule has 3 aliphatic heterocycles. The van der Waals surface area contributed by atoms with Crippen molar-refractivity contribution in [3.8, 4) is 11.5 Å². The van der Waals surface area contributed by atoms with Crippen molar-refractivity contribution in [3.05, 3.63) is 48.3 Å². The Labute approximate surface area is 173 Å². The van der Waals surface area contributed by atoms with Gasteiger partial charge in [0.2, 0.25) is 12.7 Å². The predicted molar refractivity (Wildman–Crippen MR) is 108 cm³/mol. The number of para-hydroxylation sites is 1. The number of fused-ring (bicyclic) bond motifs is 1. The first-order valence-electron chi connectivity index (χ1n) is 10.1. The Morgan fingerprint density at radius 3 is 2.57 bits per heavy atom. The number of amides is 2. The predicted octanol–water partition coefficient (Wildman–Crippen LogP) is 2.76. The number of carbonyl (C=O) groups excluding carboxylic acids is 2. The summed E-state index contributed by atoms with van der Waals surface area (Å²) in [7, 11) is 0. The molecule has 0 radical (unpaired) electrons. The third-order valence-corrected chi connectivity index (χ3v) is 5.93. The van der Waals surface area contributed by atoms with E-state index in [1.165, 1.54) is 12.1 Å². The number of nitrogens with one attached hydrogen (secondary N) is 1. The SMILES string of the molecule is O=C1C[C@@H](N2CCC(Nc3ccc4c(c3)OCO4)CC2)C(=O)N1c1ccccc1F. The van der Waals surface area contributed by atoms with E-state index in [4.69, 9.17) is 9.47 Å². The maximum absolute atomic E-state index is 14.1. The van der Waals surface area contributed by atoms with Crippen LogP contribution in [0, 0.1) is 5.82 Å². The van der Waals surface area contributed by atoms with Crippen molar-refractivity contribution in [1.29, 1.82) is 0 Å². The van der Waals surface area contributed by atoms with Crippen LogP contribution in [0.15, 0.2) is 42.5 Å². The van der Waals surface area contributed by atoms with Gasteiger partial charge in [-0.05, 0) is 37.1 Å². The molecule has 2 aromatic carbocycles. The summed E-state index contributed by atoms with van der Waals surface area (Å²) in [4.78, 5) is 28.4. The van der Waals surface area contributed by atoms with Gasteiger partial charge in [-0.25, -0.2) is 9.29 Å². The summed E-state index contributed by atoms with van der Waals surface area (Å²) in [6.07, 6.45) is 1.77. The maximum atomic E-state index is 14.1. The molecule has 2 aromatic rings. The van der Waals surface area contributed by atoms with E-state index in [1.54, 1.807) is 12.1 Å². The number of halogens is 1. The molecule has 5 rings (SSSR count). The lowest BCUT2D eigenvalue weighted by Gasteiger charge is -2.35. The zero-order chi connectivity index (χ0) is 20.7. The van der Waals surface area contributed by atoms with Crippen LogP contribution in [-0.4, -0.2) is 48.7 Å². The van der Waals surface area contributed by atoms with Crippen molar-refractivity contribution < 1.29 is 23.5 Å². The normalized spacial score (nSPS) is 22.0. The third kappa shape index (κ3) is 3.37. The van der Waals surface area contributed by atoms with Crippen LogP contribution < -0.4 is 19.7 Å². The van der Waals surface area contributed by atoms with Crippen LogP contribution in [0.2, 0.25) is 0 Å². The number of piperidine rings is 1. The lowest BCUT2D eigenvalue weighted by Crippen LogP contribution is -2.48. The second-order valence-corrected chi connectivity index (χ2v) is 7.76. The molecule has 2 fully saturated rings. The molecule has 7 nitrogen and oxygen atoms in total. The molecule has 0 bridgehead atoms. The highest BCUT2D eigenvalue weighted by atomic mass is 19.1. The highest BCUT2D eigenvalue weighted by Gasteiger charge is 2.44. The Morgan fingerprint density at radius 2 is 1.77 bits per heavy atom. The quantitative estimate of drug-likeness (QED) is 0.781. The van der Waals surface area contributed by atoms with Gasteiger partial charge in [-0.3, -0.25) is 14.5 Å². The molecule has 0 aliphatic carbocycles. The smallest absolute Gasteiger partial charge is 0.251 e. The number of ether oxygens (including phenoxy) is 2. The Kier molecular flexibility index (Phi) is 4.78. The second-order valence-electron chi connectivity index (χ2n) is 7.76. The molecule has 2 amide bonds. The summed E-state index contributed by atoms with van der Waals surface area (Å²) in [5.41, 5.74) is 1.00. The van der Waals surface area contributed by atoms with Crippen LogP contribution in [-0.2, 0) is 9.59 Å². The second kappa shape index (κ2) is 7.60. The van der Waals surface area contributed by atoms with Crippen LogP contribution in [0.1, 0.15) is 19.3 Å². The fourth-order valence-corrected chi connectivity index (χ4v) is 4.36. The molecule has 1 N–H and O–H groups in total. The zero-order valence-electron chi connectivity index (χ0n) is 16.3. The Bertz CT molecular complexity index is 990. The minimum atomic E-state index is -0.563. The van der Waals surface area contributed by atoms with Crippen molar-refractivity contribution >= 4 is 23.2 Å². The summed E-state index contributed by atoms with van der Waals surface area (Å²) in [6, 6.07) is 11.4. The van der Waals surface area contributed by atoms with Crippen molar-refractivity contribution in [2.75, 3.05) is 30.1 Å². The summed E-state index contributed by atoms with van der Waals surface area (Å²) in [6.45, 7) is 1.63. The molecule has 8 heteroatoms. The number of benzene rings is 2. The molecular formula is C22H22FN3O4. The van der Waals surface area contributed by atoms with E-state index >= 15 is 0 Å². The van der Waals surface area contributed by atoms with Crippen LogP contribution in [0.3, 0.4) is 0 Å². The summed E-state index contributed by atoms with van der Waals surface area (Å²) in [5, 5.41) is 3.51. The van der Waals surface area contributed by atoms with Crippen LogP contribution >= 0.6 is 0 Å². The largest absolute Gasteiger partial charge is 0.454 e. The molecule has 30 heavy (non-hydrogen) atoms. The fraction of sp³-hybridized carbons (Fsp3) is 0.364. The van der Waals surface area contributed by atoms with Gasteiger partial charge in [0, 0.05) is 30.9 Å². The number of anilines is 2. The number of hydrogen-bond acceptors (Lipinski definition) is 6. The third-order valence-electron chi connectivity index (χ3n) is 5.93. The van der Waals surface area contributed by atoms with Crippen molar-refractivity contribution in [1.82, 2.24) is 4.90 Å². The van der Waals surface area contributed by atoms with Gasteiger partial charge in [-0.2, -0.15) is 0 Å². The lowest BCUT2D eigenvalue weighted by molar-refractivity contribution is -0.123. The molecule has 0 saturated carbocycles. The van der Waals surface area contributed by atoms with Gasteiger partial charge < -0.3 is 14.8 Å². The number of nitrogens with zero attached hydrogens (tertiary/aromatic N) is 2. The van der Waals surface area contributed by atoms with E-state index in [0.29, 0.717) is 13.1 Å². The summed E-state index contributed by atoms with van der Waals surface area (Å²) in [5.74, 6) is 0.231.